The molecule has 0 unspecified atom stereocenters. The molecule has 2 rings (SSSR count). The summed E-state index contributed by atoms with van der Waals surface area (Å²) in [7, 11) is 0. The van der Waals surface area contributed by atoms with Gasteiger partial charge in [-0.1, -0.05) is 13.8 Å². The predicted molar refractivity (Wildman–Crippen MR) is 73.0 cm³/mol. The second kappa shape index (κ2) is 5.52. The number of rotatable bonds is 6. The maximum Gasteiger partial charge on any atom is 0.103 e. The van der Waals surface area contributed by atoms with E-state index in [-0.39, 0.29) is 0 Å². The number of aromatic nitrogens is 1. The van der Waals surface area contributed by atoms with Crippen LogP contribution in [0, 0.1) is 5.92 Å². The molecule has 0 aliphatic heterocycles. The summed E-state index contributed by atoms with van der Waals surface area (Å²) in [6, 6.07) is 0. The molecule has 1 heterocycles. The maximum atomic E-state index is 5.77. The topological polar surface area (TPSA) is 38.9 Å². The average Bonchev–Trinajstić information content (AvgIpc) is 3.00. The molecule has 1 aromatic heterocycles. The summed E-state index contributed by atoms with van der Waals surface area (Å²) >= 11 is 3.81. The fraction of sp³-hybridized carbons (Fsp3) is 0.750. The Morgan fingerprint density at radius 1 is 1.50 bits per heavy atom. The van der Waals surface area contributed by atoms with E-state index in [1.807, 2.05) is 23.1 Å². The van der Waals surface area contributed by atoms with E-state index in [0.717, 1.165) is 17.6 Å². The predicted octanol–water partition coefficient (Wildman–Crippen LogP) is 3.37. The minimum absolute atomic E-state index is 0.665. The molecular formula is C12H20N2S2. The van der Waals surface area contributed by atoms with Gasteiger partial charge < -0.3 is 5.73 Å². The van der Waals surface area contributed by atoms with Crippen molar-refractivity contribution >= 4 is 23.1 Å². The molecule has 0 saturated heterocycles. The van der Waals surface area contributed by atoms with Gasteiger partial charge in [0.25, 0.3) is 0 Å². The first-order valence-electron chi connectivity index (χ1n) is 5.97. The summed E-state index contributed by atoms with van der Waals surface area (Å²) in [6.07, 6.45) is 2.63. The van der Waals surface area contributed by atoms with Crippen molar-refractivity contribution in [2.75, 3.05) is 5.75 Å². The van der Waals surface area contributed by atoms with E-state index in [1.165, 1.54) is 34.2 Å². The van der Waals surface area contributed by atoms with Crippen molar-refractivity contribution in [3.63, 3.8) is 0 Å². The molecule has 16 heavy (non-hydrogen) atoms. The third-order valence-corrected chi connectivity index (χ3v) is 5.25. The third-order valence-electron chi connectivity index (χ3n) is 2.60. The number of nitrogens with two attached hydrogens (primary N) is 1. The van der Waals surface area contributed by atoms with Crippen LogP contribution in [0.3, 0.4) is 0 Å². The molecule has 90 valence electrons. The lowest BCUT2D eigenvalue weighted by molar-refractivity contribution is 0.750. The summed E-state index contributed by atoms with van der Waals surface area (Å²) in [4.78, 5) is 6.08. The van der Waals surface area contributed by atoms with Crippen LogP contribution in [0.15, 0.2) is 0 Å². The zero-order valence-corrected chi connectivity index (χ0v) is 11.7. The summed E-state index contributed by atoms with van der Waals surface area (Å²) in [5.74, 6) is 3.78. The number of hydrogen-bond acceptors (Lipinski definition) is 4. The van der Waals surface area contributed by atoms with Gasteiger partial charge in [0.1, 0.15) is 5.01 Å². The summed E-state index contributed by atoms with van der Waals surface area (Å²) in [5.41, 5.74) is 7.08. The molecular weight excluding hydrogens is 236 g/mol. The second-order valence-electron chi connectivity index (χ2n) is 4.80. The SMILES string of the molecule is CC(C)CSCc1nc(C2CC2)c(CN)s1. The van der Waals surface area contributed by atoms with Crippen LogP contribution in [0.25, 0.3) is 0 Å². The highest BCUT2D eigenvalue weighted by atomic mass is 32.2. The Bertz CT molecular complexity index is 343. The van der Waals surface area contributed by atoms with Crippen molar-refractivity contribution in [3.05, 3.63) is 15.6 Å². The van der Waals surface area contributed by atoms with E-state index < -0.39 is 0 Å². The number of thiazole rings is 1. The second-order valence-corrected chi connectivity index (χ2v) is 7.00. The molecule has 1 aliphatic carbocycles. The van der Waals surface area contributed by atoms with E-state index in [4.69, 9.17) is 10.7 Å². The Morgan fingerprint density at radius 2 is 2.25 bits per heavy atom. The fourth-order valence-corrected chi connectivity index (χ4v) is 3.82. The first-order chi connectivity index (χ1) is 7.70. The highest BCUT2D eigenvalue weighted by molar-refractivity contribution is 7.98. The molecule has 0 amide bonds. The van der Waals surface area contributed by atoms with E-state index >= 15 is 0 Å². The first kappa shape index (κ1) is 12.4. The van der Waals surface area contributed by atoms with E-state index in [2.05, 4.69) is 13.8 Å². The Hall–Kier alpha value is -0.0600. The zero-order chi connectivity index (χ0) is 11.5. The van der Waals surface area contributed by atoms with Gasteiger partial charge in [0.05, 0.1) is 5.69 Å². The van der Waals surface area contributed by atoms with Gasteiger partial charge in [-0.25, -0.2) is 4.98 Å². The van der Waals surface area contributed by atoms with Gasteiger partial charge in [-0.3, -0.25) is 0 Å². The van der Waals surface area contributed by atoms with Crippen molar-refractivity contribution in [2.24, 2.45) is 11.7 Å². The van der Waals surface area contributed by atoms with Crippen LogP contribution in [0.5, 0.6) is 0 Å². The maximum absolute atomic E-state index is 5.77. The minimum atomic E-state index is 0.665. The number of thioether (sulfide) groups is 1. The van der Waals surface area contributed by atoms with Crippen LogP contribution in [-0.4, -0.2) is 10.7 Å². The van der Waals surface area contributed by atoms with E-state index in [9.17, 15) is 0 Å². The lowest BCUT2D eigenvalue weighted by atomic mass is 10.2. The van der Waals surface area contributed by atoms with Crippen LogP contribution in [0.2, 0.25) is 0 Å². The standard InChI is InChI=1S/C12H20N2S2/c1-8(2)6-15-7-11-14-12(9-3-4-9)10(5-13)16-11/h8-9H,3-7,13H2,1-2H3. The Balaban J connectivity index is 1.93. The molecule has 0 atom stereocenters. The van der Waals surface area contributed by atoms with Crippen LogP contribution in [0.1, 0.15) is 48.2 Å². The van der Waals surface area contributed by atoms with Gasteiger partial charge >= 0.3 is 0 Å². The van der Waals surface area contributed by atoms with Crippen molar-refractivity contribution in [1.29, 1.82) is 0 Å². The molecule has 0 spiro atoms. The number of nitrogens with zero attached hydrogens (tertiary/aromatic N) is 1. The van der Waals surface area contributed by atoms with E-state index in [0.29, 0.717) is 6.54 Å². The van der Waals surface area contributed by atoms with Gasteiger partial charge in [-0.15, -0.1) is 11.3 Å². The molecule has 0 bridgehead atoms. The van der Waals surface area contributed by atoms with Crippen molar-refractivity contribution in [2.45, 2.75) is 44.9 Å². The molecule has 2 N–H and O–H groups in total. The van der Waals surface area contributed by atoms with Gasteiger partial charge in [0.2, 0.25) is 0 Å². The van der Waals surface area contributed by atoms with Gasteiger partial charge in [0, 0.05) is 23.1 Å². The van der Waals surface area contributed by atoms with Crippen LogP contribution < -0.4 is 5.73 Å². The van der Waals surface area contributed by atoms with Crippen molar-refractivity contribution < 1.29 is 0 Å². The normalized spacial score (nSPS) is 16.0. The molecule has 1 fully saturated rings. The largest absolute Gasteiger partial charge is 0.326 e. The van der Waals surface area contributed by atoms with Gasteiger partial charge in [-0.05, 0) is 24.5 Å². The smallest absolute Gasteiger partial charge is 0.103 e. The molecule has 2 nitrogen and oxygen atoms in total. The Labute approximate surface area is 106 Å². The van der Waals surface area contributed by atoms with E-state index in [1.54, 1.807) is 0 Å². The quantitative estimate of drug-likeness (QED) is 0.848. The Morgan fingerprint density at radius 3 is 2.81 bits per heavy atom. The molecule has 4 heteroatoms. The molecule has 1 saturated carbocycles. The lowest BCUT2D eigenvalue weighted by Crippen LogP contribution is -1.96. The van der Waals surface area contributed by atoms with Crippen molar-refractivity contribution in [1.82, 2.24) is 4.98 Å². The highest BCUT2D eigenvalue weighted by Crippen LogP contribution is 2.42. The molecule has 1 aromatic rings. The molecule has 1 aliphatic rings. The zero-order valence-electron chi connectivity index (χ0n) is 10.0. The molecule has 0 radical (unpaired) electrons. The van der Waals surface area contributed by atoms with Gasteiger partial charge in [0.15, 0.2) is 0 Å². The monoisotopic (exact) mass is 256 g/mol. The number of hydrogen-bond donors (Lipinski definition) is 1. The fourth-order valence-electron chi connectivity index (χ4n) is 1.68. The van der Waals surface area contributed by atoms with Crippen LogP contribution in [-0.2, 0) is 12.3 Å². The summed E-state index contributed by atoms with van der Waals surface area (Å²) in [5, 5.41) is 1.27. The summed E-state index contributed by atoms with van der Waals surface area (Å²) < 4.78 is 0. The molecule has 0 aromatic carbocycles. The van der Waals surface area contributed by atoms with Crippen LogP contribution in [0.4, 0.5) is 0 Å². The average molecular weight is 256 g/mol. The van der Waals surface area contributed by atoms with Gasteiger partial charge in [-0.2, -0.15) is 11.8 Å². The first-order valence-corrected chi connectivity index (χ1v) is 7.94. The lowest BCUT2D eigenvalue weighted by Gasteiger charge is -2.01. The Kier molecular flexibility index (Phi) is 4.27. The van der Waals surface area contributed by atoms with Crippen LogP contribution >= 0.6 is 23.1 Å². The summed E-state index contributed by atoms with van der Waals surface area (Å²) in [6.45, 7) is 5.18. The highest BCUT2D eigenvalue weighted by Gasteiger charge is 2.29. The minimum Gasteiger partial charge on any atom is -0.326 e. The third kappa shape index (κ3) is 3.22. The van der Waals surface area contributed by atoms with Crippen molar-refractivity contribution in [3.8, 4) is 0 Å².